The number of hydrogen-bond donors (Lipinski definition) is 1. The second-order valence-corrected chi connectivity index (χ2v) is 3.25. The maximum atomic E-state index is 10.3. The van der Waals surface area contributed by atoms with Crippen LogP contribution in [0.5, 0.6) is 0 Å². The van der Waals surface area contributed by atoms with Gasteiger partial charge in [0.05, 0.1) is 19.5 Å². The van der Waals surface area contributed by atoms with Gasteiger partial charge in [0.1, 0.15) is 18.7 Å². The predicted molar refractivity (Wildman–Crippen MR) is 59.8 cm³/mol. The lowest BCUT2D eigenvalue weighted by atomic mass is 10.0. The summed E-state index contributed by atoms with van der Waals surface area (Å²) in [5.74, 6) is 2.87. The van der Waals surface area contributed by atoms with Gasteiger partial charge in [0, 0.05) is 7.11 Å². The fourth-order valence-electron chi connectivity index (χ4n) is 1.15. The maximum Gasteiger partial charge on any atom is 0.210 e. The van der Waals surface area contributed by atoms with Gasteiger partial charge in [-0.15, -0.1) is 0 Å². The summed E-state index contributed by atoms with van der Waals surface area (Å²) in [6, 6.07) is 3.29. The molecule has 5 nitrogen and oxygen atoms in total. The SMILES string of the molecule is CCOC#CC(O)(COCOC)c1ccco1. The van der Waals surface area contributed by atoms with Crippen LogP contribution in [0.15, 0.2) is 22.8 Å². The van der Waals surface area contributed by atoms with Crippen molar-refractivity contribution >= 4 is 0 Å². The number of methoxy groups -OCH3 is 1. The van der Waals surface area contributed by atoms with E-state index in [1.807, 2.05) is 6.92 Å². The van der Waals surface area contributed by atoms with Gasteiger partial charge in [0.2, 0.25) is 5.60 Å². The molecule has 1 unspecified atom stereocenters. The van der Waals surface area contributed by atoms with Gasteiger partial charge in [-0.2, -0.15) is 0 Å². The van der Waals surface area contributed by atoms with Crippen LogP contribution in [0, 0.1) is 12.0 Å². The highest BCUT2D eigenvalue weighted by atomic mass is 16.7. The molecule has 94 valence electrons. The van der Waals surface area contributed by atoms with E-state index in [9.17, 15) is 5.11 Å². The largest absolute Gasteiger partial charge is 0.465 e. The Morgan fingerprint density at radius 3 is 2.94 bits per heavy atom. The van der Waals surface area contributed by atoms with E-state index >= 15 is 0 Å². The third-order valence-corrected chi connectivity index (χ3v) is 1.92. The molecule has 1 atom stereocenters. The fraction of sp³-hybridized carbons (Fsp3) is 0.500. The lowest BCUT2D eigenvalue weighted by Gasteiger charge is -2.18. The molecule has 0 bridgehead atoms. The van der Waals surface area contributed by atoms with Crippen molar-refractivity contribution < 1.29 is 23.7 Å². The molecule has 0 saturated carbocycles. The first-order valence-electron chi connectivity index (χ1n) is 5.20. The smallest absolute Gasteiger partial charge is 0.210 e. The van der Waals surface area contributed by atoms with Gasteiger partial charge in [0.25, 0.3) is 0 Å². The summed E-state index contributed by atoms with van der Waals surface area (Å²) in [6.45, 7) is 2.26. The molecule has 0 aromatic carbocycles. The molecular formula is C12H16O5. The van der Waals surface area contributed by atoms with Gasteiger partial charge in [-0.25, -0.2) is 0 Å². The molecule has 17 heavy (non-hydrogen) atoms. The predicted octanol–water partition coefficient (Wildman–Crippen LogP) is 1.09. The summed E-state index contributed by atoms with van der Waals surface area (Å²) in [6.07, 6.45) is 3.87. The van der Waals surface area contributed by atoms with E-state index in [1.54, 1.807) is 12.1 Å². The molecule has 0 radical (unpaired) electrons. The molecule has 0 aliphatic rings. The van der Waals surface area contributed by atoms with E-state index in [4.69, 9.17) is 18.6 Å². The normalized spacial score (nSPS) is 13.6. The minimum absolute atomic E-state index is 0.0611. The zero-order valence-corrected chi connectivity index (χ0v) is 9.93. The first kappa shape index (κ1) is 13.6. The zero-order chi connectivity index (χ0) is 12.6. The Balaban J connectivity index is 2.74. The van der Waals surface area contributed by atoms with Crippen molar-refractivity contribution in [1.82, 2.24) is 0 Å². The van der Waals surface area contributed by atoms with Gasteiger partial charge < -0.3 is 23.7 Å². The van der Waals surface area contributed by atoms with Crippen LogP contribution >= 0.6 is 0 Å². The first-order valence-corrected chi connectivity index (χ1v) is 5.20. The summed E-state index contributed by atoms with van der Waals surface area (Å²) in [4.78, 5) is 0. The summed E-state index contributed by atoms with van der Waals surface area (Å²) in [5.41, 5.74) is -1.53. The number of rotatable bonds is 6. The monoisotopic (exact) mass is 240 g/mol. The number of hydrogen-bond acceptors (Lipinski definition) is 5. The molecule has 0 saturated heterocycles. The Labute approximate surface area is 100 Å². The average Bonchev–Trinajstić information content (AvgIpc) is 2.84. The van der Waals surface area contributed by atoms with Crippen LogP contribution in [-0.2, 0) is 19.8 Å². The molecule has 1 N–H and O–H groups in total. The lowest BCUT2D eigenvalue weighted by molar-refractivity contribution is -0.0891. The Bertz CT molecular complexity index is 362. The molecule has 5 heteroatoms. The standard InChI is InChI=1S/C12H16O5/c1-3-15-8-6-12(13,9-16-10-14-2)11-5-4-7-17-11/h4-5,7,13H,3,9-10H2,1-2H3. The number of aliphatic hydroxyl groups is 1. The van der Waals surface area contributed by atoms with E-state index in [1.165, 1.54) is 13.4 Å². The molecular weight excluding hydrogens is 224 g/mol. The highest BCUT2D eigenvalue weighted by molar-refractivity contribution is 5.23. The Morgan fingerprint density at radius 1 is 1.53 bits per heavy atom. The van der Waals surface area contributed by atoms with Crippen LogP contribution < -0.4 is 0 Å². The lowest BCUT2D eigenvalue weighted by Crippen LogP contribution is -2.30. The van der Waals surface area contributed by atoms with Gasteiger partial charge in [0.15, 0.2) is 0 Å². The van der Waals surface area contributed by atoms with Crippen molar-refractivity contribution in [2.75, 3.05) is 27.1 Å². The fourth-order valence-corrected chi connectivity index (χ4v) is 1.15. The highest BCUT2D eigenvalue weighted by Gasteiger charge is 2.31. The maximum absolute atomic E-state index is 10.3. The molecule has 1 aromatic heterocycles. The van der Waals surface area contributed by atoms with Crippen LogP contribution in [0.2, 0.25) is 0 Å². The van der Waals surface area contributed by atoms with Crippen LogP contribution in [0.3, 0.4) is 0 Å². The molecule has 0 amide bonds. The van der Waals surface area contributed by atoms with Gasteiger partial charge in [-0.3, -0.25) is 0 Å². The number of furan rings is 1. The van der Waals surface area contributed by atoms with Gasteiger partial charge >= 0.3 is 0 Å². The quantitative estimate of drug-likeness (QED) is 0.458. The average molecular weight is 240 g/mol. The summed E-state index contributed by atoms with van der Waals surface area (Å²) in [5, 5.41) is 10.3. The molecule has 1 aromatic rings. The molecule has 1 heterocycles. The Morgan fingerprint density at radius 2 is 2.35 bits per heavy atom. The Kier molecular flexibility index (Phi) is 5.57. The van der Waals surface area contributed by atoms with E-state index in [2.05, 4.69) is 12.0 Å². The van der Waals surface area contributed by atoms with Crippen molar-refractivity contribution in [2.24, 2.45) is 0 Å². The number of ether oxygens (including phenoxy) is 3. The third-order valence-electron chi connectivity index (χ3n) is 1.92. The Hall–Kier alpha value is -1.48. The molecule has 0 fully saturated rings. The molecule has 0 aliphatic carbocycles. The van der Waals surface area contributed by atoms with Crippen molar-refractivity contribution in [3.05, 3.63) is 24.2 Å². The first-order chi connectivity index (χ1) is 8.23. The minimum atomic E-state index is -1.53. The van der Waals surface area contributed by atoms with E-state index in [-0.39, 0.29) is 13.4 Å². The van der Waals surface area contributed by atoms with E-state index in [0.29, 0.717) is 12.4 Å². The summed E-state index contributed by atoms with van der Waals surface area (Å²) >= 11 is 0. The van der Waals surface area contributed by atoms with Crippen LogP contribution in [0.4, 0.5) is 0 Å². The van der Waals surface area contributed by atoms with Crippen molar-refractivity contribution in [1.29, 1.82) is 0 Å². The second-order valence-electron chi connectivity index (χ2n) is 3.25. The molecule has 0 spiro atoms. The van der Waals surface area contributed by atoms with Crippen LogP contribution in [-0.4, -0.2) is 32.2 Å². The second kappa shape index (κ2) is 6.97. The summed E-state index contributed by atoms with van der Waals surface area (Å²) in [7, 11) is 1.50. The van der Waals surface area contributed by atoms with E-state index < -0.39 is 5.60 Å². The van der Waals surface area contributed by atoms with Crippen molar-refractivity contribution in [3.8, 4) is 12.0 Å². The molecule has 0 aliphatic heterocycles. The van der Waals surface area contributed by atoms with E-state index in [0.717, 1.165) is 0 Å². The zero-order valence-electron chi connectivity index (χ0n) is 9.93. The van der Waals surface area contributed by atoms with Gasteiger partial charge in [-0.05, 0) is 25.0 Å². The topological polar surface area (TPSA) is 61.1 Å². The highest BCUT2D eigenvalue weighted by Crippen LogP contribution is 2.21. The third kappa shape index (κ3) is 4.11. The summed E-state index contributed by atoms with van der Waals surface area (Å²) < 4.78 is 19.9. The van der Waals surface area contributed by atoms with Crippen molar-refractivity contribution in [3.63, 3.8) is 0 Å². The van der Waals surface area contributed by atoms with Crippen LogP contribution in [0.1, 0.15) is 12.7 Å². The van der Waals surface area contributed by atoms with Crippen molar-refractivity contribution in [2.45, 2.75) is 12.5 Å². The minimum Gasteiger partial charge on any atom is -0.465 e. The van der Waals surface area contributed by atoms with Crippen LogP contribution in [0.25, 0.3) is 0 Å². The molecule has 1 rings (SSSR count). The van der Waals surface area contributed by atoms with Gasteiger partial charge in [-0.1, -0.05) is 0 Å².